The number of benzene rings is 1. The van der Waals surface area contributed by atoms with Gasteiger partial charge in [-0.15, -0.1) is 0 Å². The fourth-order valence-corrected chi connectivity index (χ4v) is 3.03. The van der Waals surface area contributed by atoms with E-state index in [2.05, 4.69) is 10.3 Å². The first kappa shape index (κ1) is 18.9. The summed E-state index contributed by atoms with van der Waals surface area (Å²) < 4.78 is 24.7. The summed E-state index contributed by atoms with van der Waals surface area (Å²) in [4.78, 5) is 27.2. The number of carbonyl (C=O) groups excluding carboxylic acids is 2. The Morgan fingerprint density at radius 2 is 2.22 bits per heavy atom. The highest BCUT2D eigenvalue weighted by molar-refractivity contribution is 6.01. The van der Waals surface area contributed by atoms with Crippen LogP contribution in [0, 0.1) is 0 Å². The third kappa shape index (κ3) is 4.27. The van der Waals surface area contributed by atoms with Crippen LogP contribution in [0.15, 0.2) is 24.4 Å². The lowest BCUT2D eigenvalue weighted by Crippen LogP contribution is -2.28. The van der Waals surface area contributed by atoms with Crippen LogP contribution in [0.2, 0.25) is 0 Å². The number of pyridine rings is 1. The van der Waals surface area contributed by atoms with E-state index < -0.39 is 18.0 Å². The predicted molar refractivity (Wildman–Crippen MR) is 97.6 cm³/mol. The van der Waals surface area contributed by atoms with Crippen molar-refractivity contribution in [1.82, 2.24) is 10.3 Å². The molecule has 0 unspecified atom stereocenters. The number of hydrogen-bond donors (Lipinski definition) is 2. The van der Waals surface area contributed by atoms with Gasteiger partial charge in [0.1, 0.15) is 5.75 Å². The quantitative estimate of drug-likeness (QED) is 0.771. The lowest BCUT2D eigenvalue weighted by atomic mass is 10.1. The number of hydrogen-bond acceptors (Lipinski definition) is 5. The third-order valence-corrected chi connectivity index (χ3v) is 4.28. The first-order valence-corrected chi connectivity index (χ1v) is 8.81. The number of nitrogens with zero attached hydrogens (tertiary/aromatic N) is 1. The van der Waals surface area contributed by atoms with Crippen LogP contribution in [0.1, 0.15) is 37.0 Å². The SMILES string of the molecule is CC(C)Oc1cc2c(OCC[C@@H]3C[C@@H](F)C(=O)N3)nccc2cc1C(N)=O. The van der Waals surface area contributed by atoms with E-state index in [1.54, 1.807) is 24.4 Å². The van der Waals surface area contributed by atoms with Gasteiger partial charge in [-0.3, -0.25) is 9.59 Å². The molecule has 8 heteroatoms. The van der Waals surface area contributed by atoms with E-state index in [1.165, 1.54) is 0 Å². The number of ether oxygens (including phenoxy) is 2. The predicted octanol–water partition coefficient (Wildman–Crippen LogP) is 2.12. The molecule has 3 N–H and O–H groups in total. The van der Waals surface area contributed by atoms with Crippen molar-refractivity contribution < 1.29 is 23.5 Å². The Labute approximate surface area is 156 Å². The lowest BCUT2D eigenvalue weighted by molar-refractivity contribution is -0.123. The zero-order valence-electron chi connectivity index (χ0n) is 15.2. The Morgan fingerprint density at radius 1 is 1.44 bits per heavy atom. The molecule has 1 saturated heterocycles. The third-order valence-electron chi connectivity index (χ3n) is 4.28. The number of rotatable bonds is 7. The minimum Gasteiger partial charge on any atom is -0.490 e. The molecule has 0 saturated carbocycles. The average Bonchev–Trinajstić information content (AvgIpc) is 2.92. The number of primary amides is 1. The van der Waals surface area contributed by atoms with Crippen LogP contribution < -0.4 is 20.5 Å². The van der Waals surface area contributed by atoms with Crippen LogP contribution in [-0.2, 0) is 4.79 Å². The summed E-state index contributed by atoms with van der Waals surface area (Å²) in [6.45, 7) is 3.97. The molecule has 1 aliphatic heterocycles. The normalized spacial score (nSPS) is 19.3. The molecule has 0 aliphatic carbocycles. The minimum atomic E-state index is -1.45. The molecule has 2 amide bonds. The molecule has 1 fully saturated rings. The Bertz CT molecular complexity index is 871. The highest BCUT2D eigenvalue weighted by Gasteiger charge is 2.31. The molecular weight excluding hydrogens is 353 g/mol. The topological polar surface area (TPSA) is 104 Å². The van der Waals surface area contributed by atoms with Crippen molar-refractivity contribution in [1.29, 1.82) is 0 Å². The van der Waals surface area contributed by atoms with Crippen molar-refractivity contribution in [3.8, 4) is 11.6 Å². The van der Waals surface area contributed by atoms with Gasteiger partial charge < -0.3 is 20.5 Å². The molecular formula is C19H22FN3O4. The number of aromatic nitrogens is 1. The second kappa shape index (κ2) is 7.77. The summed E-state index contributed by atoms with van der Waals surface area (Å²) in [6, 6.07) is 4.84. The largest absolute Gasteiger partial charge is 0.490 e. The van der Waals surface area contributed by atoms with E-state index in [-0.39, 0.29) is 30.7 Å². The van der Waals surface area contributed by atoms with Crippen LogP contribution in [0.25, 0.3) is 10.8 Å². The van der Waals surface area contributed by atoms with Gasteiger partial charge >= 0.3 is 0 Å². The Kier molecular flexibility index (Phi) is 5.43. The van der Waals surface area contributed by atoms with Crippen LogP contribution in [0.4, 0.5) is 4.39 Å². The van der Waals surface area contributed by atoms with Crippen LogP contribution in [0.5, 0.6) is 11.6 Å². The van der Waals surface area contributed by atoms with Gasteiger partial charge in [-0.25, -0.2) is 9.37 Å². The van der Waals surface area contributed by atoms with E-state index in [9.17, 15) is 14.0 Å². The zero-order valence-corrected chi connectivity index (χ0v) is 15.2. The van der Waals surface area contributed by atoms with E-state index >= 15 is 0 Å². The van der Waals surface area contributed by atoms with Crippen molar-refractivity contribution >= 4 is 22.6 Å². The summed E-state index contributed by atoms with van der Waals surface area (Å²) in [7, 11) is 0. The van der Waals surface area contributed by atoms with Crippen molar-refractivity contribution in [2.75, 3.05) is 6.61 Å². The molecule has 1 aromatic carbocycles. The number of amides is 2. The van der Waals surface area contributed by atoms with Crippen LogP contribution in [-0.4, -0.2) is 41.7 Å². The molecule has 0 bridgehead atoms. The Balaban J connectivity index is 1.81. The fourth-order valence-electron chi connectivity index (χ4n) is 3.03. The van der Waals surface area contributed by atoms with Gasteiger partial charge in [-0.1, -0.05) is 0 Å². The first-order chi connectivity index (χ1) is 12.8. The standard InChI is InChI=1S/C19H22FN3O4/c1-10(2)27-16-9-13-11(7-14(16)17(21)24)3-5-22-19(13)26-6-4-12-8-15(20)18(25)23-12/h3,5,7,9-10,12,15H,4,6,8H2,1-2H3,(H2,21,24)(H,23,25)/t12-,15-/m1/s1. The molecule has 1 aliphatic rings. The van der Waals surface area contributed by atoms with Crippen molar-refractivity contribution in [2.24, 2.45) is 5.73 Å². The first-order valence-electron chi connectivity index (χ1n) is 8.81. The number of alkyl halides is 1. The summed E-state index contributed by atoms with van der Waals surface area (Å²) >= 11 is 0. The summed E-state index contributed by atoms with van der Waals surface area (Å²) in [5.74, 6) is -0.410. The zero-order chi connectivity index (χ0) is 19.6. The molecule has 7 nitrogen and oxygen atoms in total. The van der Waals surface area contributed by atoms with Crippen LogP contribution in [0.3, 0.4) is 0 Å². The minimum absolute atomic E-state index is 0.138. The fraction of sp³-hybridized carbons (Fsp3) is 0.421. The van der Waals surface area contributed by atoms with E-state index in [1.807, 2.05) is 13.8 Å². The second-order valence-electron chi connectivity index (χ2n) is 6.76. The Morgan fingerprint density at radius 3 is 2.85 bits per heavy atom. The Hall–Kier alpha value is -2.90. The van der Waals surface area contributed by atoms with Gasteiger partial charge in [0.05, 0.1) is 18.3 Å². The van der Waals surface area contributed by atoms with Crippen molar-refractivity contribution in [3.63, 3.8) is 0 Å². The molecule has 1 aromatic heterocycles. The molecule has 0 radical (unpaired) electrons. The summed E-state index contributed by atoms with van der Waals surface area (Å²) in [5.41, 5.74) is 5.75. The molecule has 27 heavy (non-hydrogen) atoms. The molecule has 144 valence electrons. The maximum atomic E-state index is 13.3. The van der Waals surface area contributed by atoms with E-state index in [0.717, 1.165) is 5.39 Å². The smallest absolute Gasteiger partial charge is 0.254 e. The van der Waals surface area contributed by atoms with Gasteiger partial charge in [0, 0.05) is 30.5 Å². The molecule has 0 spiro atoms. The molecule has 3 rings (SSSR count). The maximum absolute atomic E-state index is 13.3. The number of nitrogens with one attached hydrogen (secondary N) is 1. The number of carbonyl (C=O) groups is 2. The van der Waals surface area contributed by atoms with E-state index in [0.29, 0.717) is 23.4 Å². The summed E-state index contributed by atoms with van der Waals surface area (Å²) in [6.07, 6.45) is 0.605. The number of fused-ring (bicyclic) bond motifs is 1. The molecule has 2 aromatic rings. The second-order valence-corrected chi connectivity index (χ2v) is 6.76. The lowest BCUT2D eigenvalue weighted by Gasteiger charge is -2.16. The maximum Gasteiger partial charge on any atom is 0.254 e. The average molecular weight is 375 g/mol. The van der Waals surface area contributed by atoms with Gasteiger partial charge in [0.2, 0.25) is 5.88 Å². The summed E-state index contributed by atoms with van der Waals surface area (Å²) in [5, 5.41) is 4.01. The van der Waals surface area contributed by atoms with Gasteiger partial charge in [-0.2, -0.15) is 0 Å². The van der Waals surface area contributed by atoms with Gasteiger partial charge in [-0.05, 0) is 37.4 Å². The number of halogens is 1. The molecule has 2 heterocycles. The van der Waals surface area contributed by atoms with Crippen molar-refractivity contribution in [3.05, 3.63) is 30.0 Å². The van der Waals surface area contributed by atoms with Crippen molar-refractivity contribution in [2.45, 2.75) is 45.0 Å². The van der Waals surface area contributed by atoms with Crippen LogP contribution >= 0.6 is 0 Å². The monoisotopic (exact) mass is 375 g/mol. The van der Waals surface area contributed by atoms with Gasteiger partial charge in [0.15, 0.2) is 6.17 Å². The van der Waals surface area contributed by atoms with Gasteiger partial charge in [0.25, 0.3) is 11.8 Å². The van der Waals surface area contributed by atoms with E-state index in [4.69, 9.17) is 15.2 Å². The highest BCUT2D eigenvalue weighted by atomic mass is 19.1. The highest BCUT2D eigenvalue weighted by Crippen LogP contribution is 2.31. The number of nitrogens with two attached hydrogens (primary N) is 1. The molecule has 2 atom stereocenters.